The van der Waals surface area contributed by atoms with Crippen molar-refractivity contribution in [3.05, 3.63) is 41.9 Å². The van der Waals surface area contributed by atoms with Gasteiger partial charge in [-0.05, 0) is 31.4 Å². The Hall–Kier alpha value is -1.92. The van der Waals surface area contributed by atoms with Crippen LogP contribution in [0.2, 0.25) is 0 Å². The number of aromatic nitrogens is 1. The van der Waals surface area contributed by atoms with Crippen molar-refractivity contribution in [3.8, 4) is 11.3 Å². The van der Waals surface area contributed by atoms with E-state index in [9.17, 15) is 9.18 Å². The number of rotatable bonds is 10. The Morgan fingerprint density at radius 1 is 1.30 bits per heavy atom. The molecule has 2 N–H and O–H groups in total. The molecule has 0 aliphatic rings. The molecule has 2 rings (SSSR count). The van der Waals surface area contributed by atoms with E-state index in [1.54, 1.807) is 24.1 Å². The van der Waals surface area contributed by atoms with E-state index in [1.807, 2.05) is 13.0 Å². The van der Waals surface area contributed by atoms with Gasteiger partial charge in [0.15, 0.2) is 0 Å². The maximum absolute atomic E-state index is 13.3. The van der Waals surface area contributed by atoms with Crippen LogP contribution in [0.15, 0.2) is 34.9 Å². The van der Waals surface area contributed by atoms with Gasteiger partial charge in [-0.25, -0.2) is 4.39 Å². The van der Waals surface area contributed by atoms with Crippen LogP contribution in [0.3, 0.4) is 0 Å². The topological polar surface area (TPSA) is 72.4 Å². The molecule has 0 saturated carbocycles. The zero-order chi connectivity index (χ0) is 18.9. The number of carbonyl (C=O) groups excluding carboxylic acids is 1. The summed E-state index contributed by atoms with van der Waals surface area (Å²) in [5.41, 5.74) is 7.22. The molecule has 1 aromatic carbocycles. The van der Waals surface area contributed by atoms with Crippen molar-refractivity contribution in [1.82, 2.24) is 10.1 Å². The van der Waals surface area contributed by atoms with E-state index in [-0.39, 0.29) is 30.2 Å². The van der Waals surface area contributed by atoms with E-state index in [4.69, 9.17) is 10.3 Å². The van der Waals surface area contributed by atoms with Gasteiger partial charge in [0.05, 0.1) is 6.04 Å². The third-order valence-corrected chi connectivity index (χ3v) is 4.39. The monoisotopic (exact) mass is 397 g/mol. The number of nitrogens with two attached hydrogens (primary N) is 1. The van der Waals surface area contributed by atoms with Gasteiger partial charge in [0.25, 0.3) is 0 Å². The molecular formula is C20H29ClFN3O2. The number of carbonyl (C=O) groups is 1. The average molecular weight is 398 g/mol. The van der Waals surface area contributed by atoms with Gasteiger partial charge in [-0.1, -0.05) is 37.1 Å². The third-order valence-electron chi connectivity index (χ3n) is 4.39. The summed E-state index contributed by atoms with van der Waals surface area (Å²) < 4.78 is 18.6. The van der Waals surface area contributed by atoms with E-state index in [2.05, 4.69) is 5.16 Å². The number of halogens is 2. The maximum atomic E-state index is 13.3. The second kappa shape index (κ2) is 11.7. The quantitative estimate of drug-likeness (QED) is 0.610. The number of unbranched alkanes of at least 4 members (excludes halogenated alkanes) is 2. The molecule has 1 atom stereocenters. The first-order chi connectivity index (χ1) is 12.5. The van der Waals surface area contributed by atoms with Gasteiger partial charge in [0, 0.05) is 31.6 Å². The molecule has 27 heavy (non-hydrogen) atoms. The van der Waals surface area contributed by atoms with Crippen LogP contribution in [0.1, 0.15) is 44.8 Å². The minimum Gasteiger partial charge on any atom is -0.361 e. The van der Waals surface area contributed by atoms with Crippen LogP contribution in [0, 0.1) is 5.82 Å². The minimum atomic E-state index is -0.388. The van der Waals surface area contributed by atoms with Crippen LogP contribution >= 0.6 is 12.4 Å². The molecule has 1 amide bonds. The van der Waals surface area contributed by atoms with Crippen molar-refractivity contribution < 1.29 is 13.7 Å². The molecule has 0 fully saturated rings. The lowest BCUT2D eigenvalue weighted by molar-refractivity contribution is -0.131. The van der Waals surface area contributed by atoms with Gasteiger partial charge < -0.3 is 15.2 Å². The summed E-state index contributed by atoms with van der Waals surface area (Å²) in [6, 6.07) is 7.78. The molecule has 0 bridgehead atoms. The van der Waals surface area contributed by atoms with Crippen molar-refractivity contribution in [2.45, 2.75) is 51.5 Å². The Bertz CT molecular complexity index is 708. The largest absolute Gasteiger partial charge is 0.361 e. The highest BCUT2D eigenvalue weighted by Crippen LogP contribution is 2.21. The van der Waals surface area contributed by atoms with Crippen molar-refractivity contribution in [1.29, 1.82) is 0 Å². The van der Waals surface area contributed by atoms with Gasteiger partial charge in [-0.15, -0.1) is 12.4 Å². The molecule has 1 aromatic heterocycles. The van der Waals surface area contributed by atoms with Gasteiger partial charge in [0.2, 0.25) is 5.91 Å². The zero-order valence-electron chi connectivity index (χ0n) is 16.0. The molecule has 1 unspecified atom stereocenters. The summed E-state index contributed by atoms with van der Waals surface area (Å²) in [5, 5.41) is 4.01. The molecule has 0 aliphatic carbocycles. The second-order valence-corrected chi connectivity index (χ2v) is 6.65. The Morgan fingerprint density at radius 3 is 2.78 bits per heavy atom. The number of benzene rings is 1. The zero-order valence-corrected chi connectivity index (χ0v) is 16.8. The first kappa shape index (κ1) is 23.1. The lowest BCUT2D eigenvalue weighted by Gasteiger charge is -2.20. The van der Waals surface area contributed by atoms with Gasteiger partial charge in [0.1, 0.15) is 17.3 Å². The van der Waals surface area contributed by atoms with Crippen LogP contribution in [0.4, 0.5) is 4.39 Å². The lowest BCUT2D eigenvalue weighted by atomic mass is 10.1. The summed E-state index contributed by atoms with van der Waals surface area (Å²) in [6.45, 7) is 2.73. The molecule has 0 saturated heterocycles. The molecule has 0 radical (unpaired) electrons. The summed E-state index contributed by atoms with van der Waals surface area (Å²) in [7, 11) is 1.81. The molecule has 1 heterocycles. The van der Waals surface area contributed by atoms with E-state index >= 15 is 0 Å². The van der Waals surface area contributed by atoms with Crippen LogP contribution in [-0.4, -0.2) is 35.6 Å². The fourth-order valence-corrected chi connectivity index (χ4v) is 2.87. The Morgan fingerprint density at radius 2 is 2.07 bits per heavy atom. The number of nitrogens with zero attached hydrogens (tertiary/aromatic N) is 2. The number of likely N-dealkylation sites (N-methyl/N-ethyl adjacent to an activating group) is 1. The van der Waals surface area contributed by atoms with Crippen molar-refractivity contribution >= 4 is 18.3 Å². The third kappa shape index (κ3) is 7.31. The van der Waals surface area contributed by atoms with Crippen molar-refractivity contribution in [2.24, 2.45) is 5.73 Å². The maximum Gasteiger partial charge on any atom is 0.239 e. The normalized spacial score (nSPS) is 11.7. The van der Waals surface area contributed by atoms with Crippen LogP contribution < -0.4 is 5.73 Å². The van der Waals surface area contributed by atoms with Crippen molar-refractivity contribution in [3.63, 3.8) is 0 Å². The van der Waals surface area contributed by atoms with E-state index in [1.165, 1.54) is 12.1 Å². The highest BCUT2D eigenvalue weighted by molar-refractivity contribution is 5.85. The lowest BCUT2D eigenvalue weighted by Crippen LogP contribution is -2.42. The molecule has 2 aromatic rings. The molecular weight excluding hydrogens is 369 g/mol. The van der Waals surface area contributed by atoms with Crippen LogP contribution in [-0.2, 0) is 11.2 Å². The predicted octanol–water partition coefficient (Wildman–Crippen LogP) is 4.20. The predicted molar refractivity (Wildman–Crippen MR) is 107 cm³/mol. The number of hydrogen-bond donors (Lipinski definition) is 1. The number of aryl methyl sites for hydroxylation is 1. The summed E-state index contributed by atoms with van der Waals surface area (Å²) in [4.78, 5) is 13.7. The molecule has 5 nitrogen and oxygen atoms in total. The average Bonchev–Trinajstić information content (AvgIpc) is 3.09. The SMILES string of the molecule is CCCC(N)C(=O)N(C)CCCCCc1cc(-c2cccc(F)c2)no1.Cl. The standard InChI is InChI=1S/C20H28FN3O2.ClH/c1-3-8-18(22)20(25)24(2)12-6-4-5-11-17-14-19(23-26-17)15-9-7-10-16(21)13-15;/h7,9-10,13-14,18H,3-6,8,11-12,22H2,1-2H3;1H. The number of hydrogen-bond acceptors (Lipinski definition) is 4. The van der Waals surface area contributed by atoms with E-state index in [0.717, 1.165) is 44.3 Å². The fourth-order valence-electron chi connectivity index (χ4n) is 2.87. The first-order valence-corrected chi connectivity index (χ1v) is 9.23. The number of amides is 1. The summed E-state index contributed by atoms with van der Waals surface area (Å²) in [6.07, 6.45) is 5.26. The summed E-state index contributed by atoms with van der Waals surface area (Å²) in [5.74, 6) is 0.518. The molecule has 150 valence electrons. The fraction of sp³-hybridized carbons (Fsp3) is 0.500. The first-order valence-electron chi connectivity index (χ1n) is 9.23. The Labute approximate surface area is 166 Å². The molecule has 0 aliphatic heterocycles. The smallest absolute Gasteiger partial charge is 0.239 e. The molecule has 7 heteroatoms. The summed E-state index contributed by atoms with van der Waals surface area (Å²) >= 11 is 0. The van der Waals surface area contributed by atoms with Gasteiger partial charge >= 0.3 is 0 Å². The van der Waals surface area contributed by atoms with E-state index in [0.29, 0.717) is 17.8 Å². The van der Waals surface area contributed by atoms with E-state index < -0.39 is 0 Å². The molecule has 0 spiro atoms. The van der Waals surface area contributed by atoms with Crippen molar-refractivity contribution in [2.75, 3.05) is 13.6 Å². The highest BCUT2D eigenvalue weighted by Gasteiger charge is 2.16. The van der Waals surface area contributed by atoms with Gasteiger partial charge in [-0.2, -0.15) is 0 Å². The van der Waals surface area contributed by atoms with Crippen LogP contribution in [0.25, 0.3) is 11.3 Å². The second-order valence-electron chi connectivity index (χ2n) is 6.65. The van der Waals surface area contributed by atoms with Crippen LogP contribution in [0.5, 0.6) is 0 Å². The van der Waals surface area contributed by atoms with Gasteiger partial charge in [-0.3, -0.25) is 4.79 Å². The minimum absolute atomic E-state index is 0. The Kier molecular flexibility index (Phi) is 10.0. The highest BCUT2D eigenvalue weighted by atomic mass is 35.5. The Balaban J connectivity index is 0.00000364.